The third-order valence-electron chi connectivity index (χ3n) is 3.26. The molecule has 2 amide bonds. The Morgan fingerprint density at radius 2 is 1.87 bits per heavy atom. The van der Waals surface area contributed by atoms with Gasteiger partial charge in [0.25, 0.3) is 0 Å². The fourth-order valence-electron chi connectivity index (χ4n) is 1.95. The van der Waals surface area contributed by atoms with Crippen LogP contribution in [0, 0.1) is 18.3 Å². The lowest BCUT2D eigenvalue weighted by molar-refractivity contribution is -0.114. The first-order valence-electron chi connectivity index (χ1n) is 6.94. The summed E-state index contributed by atoms with van der Waals surface area (Å²) in [7, 11) is 0. The Kier molecular flexibility index (Phi) is 4.95. The van der Waals surface area contributed by atoms with E-state index in [1.54, 1.807) is 42.5 Å². The first kappa shape index (κ1) is 16.0. The average molecular weight is 308 g/mol. The van der Waals surface area contributed by atoms with E-state index in [4.69, 9.17) is 11.0 Å². The number of rotatable bonds is 5. The number of carbonyl (C=O) groups is 2. The fraction of sp³-hybridized carbons (Fsp3) is 0.118. The van der Waals surface area contributed by atoms with E-state index in [9.17, 15) is 9.59 Å². The van der Waals surface area contributed by atoms with Gasteiger partial charge in [-0.2, -0.15) is 5.26 Å². The maximum absolute atomic E-state index is 12.0. The second-order valence-electron chi connectivity index (χ2n) is 4.98. The molecule has 0 heterocycles. The summed E-state index contributed by atoms with van der Waals surface area (Å²) >= 11 is 0. The number of hydrogen-bond acceptors (Lipinski definition) is 4. The van der Waals surface area contributed by atoms with Crippen LogP contribution in [0.4, 0.5) is 11.4 Å². The highest BCUT2D eigenvalue weighted by atomic mass is 16.2. The van der Waals surface area contributed by atoms with E-state index in [1.165, 1.54) is 0 Å². The molecular formula is C17H16N4O2. The molecule has 2 aromatic rings. The number of nitriles is 1. The summed E-state index contributed by atoms with van der Waals surface area (Å²) in [5.41, 5.74) is 8.25. The highest BCUT2D eigenvalue weighted by Crippen LogP contribution is 2.16. The molecule has 0 saturated carbocycles. The van der Waals surface area contributed by atoms with Crippen LogP contribution in [0.1, 0.15) is 21.5 Å². The second kappa shape index (κ2) is 7.09. The van der Waals surface area contributed by atoms with Crippen molar-refractivity contribution in [1.29, 1.82) is 5.26 Å². The van der Waals surface area contributed by atoms with Gasteiger partial charge < -0.3 is 16.4 Å². The number of benzene rings is 2. The summed E-state index contributed by atoms with van der Waals surface area (Å²) in [5, 5.41) is 14.4. The quantitative estimate of drug-likeness (QED) is 0.785. The second-order valence-corrected chi connectivity index (χ2v) is 4.98. The Labute approximate surface area is 133 Å². The summed E-state index contributed by atoms with van der Waals surface area (Å²) < 4.78 is 0. The van der Waals surface area contributed by atoms with E-state index in [2.05, 4.69) is 10.6 Å². The first-order valence-corrected chi connectivity index (χ1v) is 6.94. The molecule has 0 spiro atoms. The van der Waals surface area contributed by atoms with E-state index in [1.807, 2.05) is 13.0 Å². The summed E-state index contributed by atoms with van der Waals surface area (Å²) in [4.78, 5) is 23.2. The van der Waals surface area contributed by atoms with Crippen LogP contribution in [0.5, 0.6) is 0 Å². The molecule has 0 aliphatic carbocycles. The van der Waals surface area contributed by atoms with E-state index in [0.717, 1.165) is 11.3 Å². The summed E-state index contributed by atoms with van der Waals surface area (Å²) in [6, 6.07) is 13.7. The van der Waals surface area contributed by atoms with Crippen LogP contribution in [0.15, 0.2) is 42.5 Å². The highest BCUT2D eigenvalue weighted by Gasteiger charge is 2.08. The maximum atomic E-state index is 12.0. The SMILES string of the molecule is Cc1ccc(C(N)=O)cc1NC(=O)CNc1ccc(C#N)cc1. The van der Waals surface area contributed by atoms with Crippen molar-refractivity contribution >= 4 is 23.2 Å². The van der Waals surface area contributed by atoms with Gasteiger partial charge in [0, 0.05) is 16.9 Å². The molecule has 0 aromatic heterocycles. The maximum Gasteiger partial charge on any atom is 0.248 e. The normalized spacial score (nSPS) is 9.74. The monoisotopic (exact) mass is 308 g/mol. The minimum atomic E-state index is -0.545. The molecule has 0 atom stereocenters. The molecule has 2 aromatic carbocycles. The summed E-state index contributed by atoms with van der Waals surface area (Å²) in [6.07, 6.45) is 0. The lowest BCUT2D eigenvalue weighted by Crippen LogP contribution is -2.22. The Morgan fingerprint density at radius 3 is 2.48 bits per heavy atom. The Bertz CT molecular complexity index is 776. The number of aryl methyl sites for hydroxylation is 1. The Morgan fingerprint density at radius 1 is 1.17 bits per heavy atom. The van der Waals surface area contributed by atoms with Crippen molar-refractivity contribution in [3.63, 3.8) is 0 Å². The molecule has 4 N–H and O–H groups in total. The smallest absolute Gasteiger partial charge is 0.248 e. The molecule has 0 aliphatic rings. The van der Waals surface area contributed by atoms with Crippen LogP contribution < -0.4 is 16.4 Å². The highest BCUT2D eigenvalue weighted by molar-refractivity contribution is 5.98. The van der Waals surface area contributed by atoms with Crippen molar-refractivity contribution in [2.24, 2.45) is 5.73 Å². The van der Waals surface area contributed by atoms with Crippen molar-refractivity contribution in [1.82, 2.24) is 0 Å². The van der Waals surface area contributed by atoms with Crippen LogP contribution >= 0.6 is 0 Å². The predicted octanol–water partition coefficient (Wildman–Crippen LogP) is 2.02. The number of primary amides is 1. The van der Waals surface area contributed by atoms with Crippen LogP contribution in [-0.4, -0.2) is 18.4 Å². The Balaban J connectivity index is 1.98. The van der Waals surface area contributed by atoms with Gasteiger partial charge in [-0.15, -0.1) is 0 Å². The van der Waals surface area contributed by atoms with Crippen molar-refractivity contribution in [2.45, 2.75) is 6.92 Å². The Hall–Kier alpha value is -3.33. The summed E-state index contributed by atoms with van der Waals surface area (Å²) in [5.74, 6) is -0.796. The number of anilines is 2. The molecule has 0 aliphatic heterocycles. The lowest BCUT2D eigenvalue weighted by atomic mass is 10.1. The average Bonchev–Trinajstić information content (AvgIpc) is 2.55. The third kappa shape index (κ3) is 4.32. The van der Waals surface area contributed by atoms with Gasteiger partial charge in [-0.1, -0.05) is 6.07 Å². The number of carbonyl (C=O) groups excluding carboxylic acids is 2. The van der Waals surface area contributed by atoms with Crippen LogP contribution in [0.25, 0.3) is 0 Å². The number of nitrogens with two attached hydrogens (primary N) is 1. The zero-order valence-electron chi connectivity index (χ0n) is 12.6. The first-order chi connectivity index (χ1) is 11.0. The van der Waals surface area contributed by atoms with Gasteiger partial charge in [0.1, 0.15) is 0 Å². The van der Waals surface area contributed by atoms with Gasteiger partial charge in [-0.25, -0.2) is 0 Å². The van der Waals surface area contributed by atoms with E-state index in [-0.39, 0.29) is 12.5 Å². The van der Waals surface area contributed by atoms with Gasteiger partial charge >= 0.3 is 0 Å². The zero-order valence-corrected chi connectivity index (χ0v) is 12.6. The van der Waals surface area contributed by atoms with Crippen LogP contribution in [0.3, 0.4) is 0 Å². The predicted molar refractivity (Wildman–Crippen MR) is 88.0 cm³/mol. The van der Waals surface area contributed by atoms with Gasteiger partial charge in [0.15, 0.2) is 0 Å². The number of hydrogen-bond donors (Lipinski definition) is 3. The van der Waals surface area contributed by atoms with E-state index in [0.29, 0.717) is 16.8 Å². The number of nitrogens with zero attached hydrogens (tertiary/aromatic N) is 1. The van der Waals surface area contributed by atoms with Gasteiger partial charge in [-0.3, -0.25) is 9.59 Å². The molecule has 0 radical (unpaired) electrons. The van der Waals surface area contributed by atoms with Gasteiger partial charge in [0.2, 0.25) is 11.8 Å². The molecule has 0 unspecified atom stereocenters. The molecule has 0 saturated heterocycles. The minimum absolute atomic E-state index is 0.0616. The lowest BCUT2D eigenvalue weighted by Gasteiger charge is -2.11. The molecule has 2 rings (SSSR count). The van der Waals surface area contributed by atoms with Crippen molar-refractivity contribution < 1.29 is 9.59 Å². The fourth-order valence-corrected chi connectivity index (χ4v) is 1.95. The van der Waals surface area contributed by atoms with E-state index >= 15 is 0 Å². The van der Waals surface area contributed by atoms with Crippen LogP contribution in [-0.2, 0) is 4.79 Å². The van der Waals surface area contributed by atoms with Crippen molar-refractivity contribution in [2.75, 3.05) is 17.2 Å². The van der Waals surface area contributed by atoms with Gasteiger partial charge in [-0.05, 0) is 48.9 Å². The van der Waals surface area contributed by atoms with Crippen molar-refractivity contribution in [3.8, 4) is 6.07 Å². The third-order valence-corrected chi connectivity index (χ3v) is 3.26. The molecule has 6 nitrogen and oxygen atoms in total. The largest absolute Gasteiger partial charge is 0.376 e. The van der Waals surface area contributed by atoms with Crippen molar-refractivity contribution in [3.05, 3.63) is 59.2 Å². The van der Waals surface area contributed by atoms with Gasteiger partial charge in [0.05, 0.1) is 18.2 Å². The molecule has 0 bridgehead atoms. The topological polar surface area (TPSA) is 108 Å². The molecule has 23 heavy (non-hydrogen) atoms. The number of amides is 2. The standard InChI is InChI=1S/C17H16N4O2/c1-11-2-5-13(17(19)23)8-15(11)21-16(22)10-20-14-6-3-12(9-18)4-7-14/h2-8,20H,10H2,1H3,(H2,19,23)(H,21,22). The minimum Gasteiger partial charge on any atom is -0.376 e. The summed E-state index contributed by atoms with van der Waals surface area (Å²) in [6.45, 7) is 1.89. The van der Waals surface area contributed by atoms with Crippen LogP contribution in [0.2, 0.25) is 0 Å². The molecule has 0 fully saturated rings. The van der Waals surface area contributed by atoms with E-state index < -0.39 is 5.91 Å². The molecule has 116 valence electrons. The zero-order chi connectivity index (χ0) is 16.8. The number of nitrogens with one attached hydrogen (secondary N) is 2. The molecule has 6 heteroatoms. The molecular weight excluding hydrogens is 292 g/mol.